The first kappa shape index (κ1) is 8.00. The number of aliphatic hydroxyl groups is 1. The number of hydrogen-bond acceptors (Lipinski definition) is 3. The van der Waals surface area contributed by atoms with E-state index in [-0.39, 0.29) is 5.56 Å². The maximum Gasteiger partial charge on any atom is 0.259 e. The van der Waals surface area contributed by atoms with Gasteiger partial charge in [-0.05, 0) is 12.1 Å². The molecule has 2 rings (SSSR count). The zero-order valence-corrected chi connectivity index (χ0v) is 6.54. The Morgan fingerprint density at radius 2 is 2.15 bits per heavy atom. The monoisotopic (exact) mass is 182 g/mol. The van der Waals surface area contributed by atoms with Gasteiger partial charge >= 0.3 is 0 Å². The van der Waals surface area contributed by atoms with Gasteiger partial charge in [-0.2, -0.15) is 0 Å². The number of rotatable bonds is 0. The molecule has 1 aromatic rings. The van der Waals surface area contributed by atoms with Gasteiger partial charge in [0.05, 0.1) is 11.3 Å². The fraction of sp³-hybridized carbons (Fsp3) is 0.125. The average Bonchev–Trinajstić information content (AvgIpc) is 2.02. The maximum atomic E-state index is 13.1. The smallest absolute Gasteiger partial charge is 0.259 e. The Bertz CT molecular complexity index is 367. The molecule has 1 unspecified atom stereocenters. The summed E-state index contributed by atoms with van der Waals surface area (Å²) in [5.41, 5.74) is 0.240. The zero-order chi connectivity index (χ0) is 9.42. The molecule has 5 heteroatoms. The Balaban J connectivity index is 2.55. The molecule has 0 bridgehead atoms. The lowest BCUT2D eigenvalue weighted by Crippen LogP contribution is -2.45. The van der Waals surface area contributed by atoms with Crippen molar-refractivity contribution in [2.45, 2.75) is 6.35 Å². The number of nitrogens with one attached hydrogen (secondary N) is 2. The first-order valence-corrected chi connectivity index (χ1v) is 3.72. The molecule has 0 saturated carbocycles. The quantitative estimate of drug-likeness (QED) is 0.539. The van der Waals surface area contributed by atoms with E-state index in [2.05, 4.69) is 10.6 Å². The van der Waals surface area contributed by atoms with E-state index in [0.717, 1.165) is 0 Å². The van der Waals surface area contributed by atoms with Crippen LogP contribution < -0.4 is 10.6 Å². The van der Waals surface area contributed by atoms with Crippen molar-refractivity contribution in [1.29, 1.82) is 0 Å². The van der Waals surface area contributed by atoms with Gasteiger partial charge in [-0.15, -0.1) is 0 Å². The van der Waals surface area contributed by atoms with Crippen molar-refractivity contribution in [3.8, 4) is 0 Å². The molecular weight excluding hydrogens is 175 g/mol. The molecular formula is C8H7FN2O2. The predicted molar refractivity (Wildman–Crippen MR) is 43.5 cm³/mol. The largest absolute Gasteiger partial charge is 0.356 e. The first-order chi connectivity index (χ1) is 6.18. The second-order valence-electron chi connectivity index (χ2n) is 2.68. The highest BCUT2D eigenvalue weighted by Gasteiger charge is 2.24. The molecule has 1 heterocycles. The van der Waals surface area contributed by atoms with Crippen LogP contribution in [-0.4, -0.2) is 17.4 Å². The summed E-state index contributed by atoms with van der Waals surface area (Å²) in [7, 11) is 0. The van der Waals surface area contributed by atoms with Crippen LogP contribution in [0.2, 0.25) is 0 Å². The Hall–Kier alpha value is -1.62. The molecule has 4 nitrogen and oxygen atoms in total. The Morgan fingerprint density at radius 1 is 1.38 bits per heavy atom. The van der Waals surface area contributed by atoms with Gasteiger partial charge in [0, 0.05) is 0 Å². The Morgan fingerprint density at radius 3 is 2.92 bits per heavy atom. The number of benzene rings is 1. The topological polar surface area (TPSA) is 61.4 Å². The number of fused-ring (bicyclic) bond motifs is 1. The Kier molecular flexibility index (Phi) is 1.66. The van der Waals surface area contributed by atoms with Crippen molar-refractivity contribution < 1.29 is 14.3 Å². The summed E-state index contributed by atoms with van der Waals surface area (Å²) in [5, 5.41) is 13.7. The normalized spacial score (nSPS) is 20.2. The standard InChI is InChI=1S/C8H7FN2O2/c9-4-2-1-3-5-6(4)7(12)11-8(13)10-5/h1-3,8,10,13H,(H,11,12). The minimum atomic E-state index is -1.15. The SMILES string of the molecule is O=C1NC(O)Nc2cccc(F)c21. The number of hydrogen-bond donors (Lipinski definition) is 3. The highest BCUT2D eigenvalue weighted by atomic mass is 19.1. The summed E-state index contributed by atoms with van der Waals surface area (Å²) < 4.78 is 13.1. The summed E-state index contributed by atoms with van der Waals surface area (Å²) in [6, 6.07) is 4.19. The van der Waals surface area contributed by atoms with Crippen LogP contribution in [0.1, 0.15) is 10.4 Å². The molecule has 1 atom stereocenters. The molecule has 3 N–H and O–H groups in total. The van der Waals surface area contributed by atoms with Crippen LogP contribution in [0.25, 0.3) is 0 Å². The molecule has 0 saturated heterocycles. The number of aliphatic hydroxyl groups excluding tert-OH is 1. The van der Waals surface area contributed by atoms with Crippen molar-refractivity contribution in [3.63, 3.8) is 0 Å². The first-order valence-electron chi connectivity index (χ1n) is 3.72. The van der Waals surface area contributed by atoms with E-state index in [1.807, 2.05) is 0 Å². The number of amides is 1. The molecule has 0 fully saturated rings. The molecule has 0 aliphatic carbocycles. The van der Waals surface area contributed by atoms with E-state index in [1.165, 1.54) is 18.2 Å². The van der Waals surface area contributed by atoms with Crippen LogP contribution in [0.5, 0.6) is 0 Å². The van der Waals surface area contributed by atoms with E-state index in [9.17, 15) is 9.18 Å². The number of anilines is 1. The van der Waals surface area contributed by atoms with Crippen LogP contribution in [0.15, 0.2) is 18.2 Å². The molecule has 1 amide bonds. The lowest BCUT2D eigenvalue weighted by atomic mass is 10.1. The predicted octanol–water partition coefficient (Wildman–Crippen LogP) is 0.257. The summed E-state index contributed by atoms with van der Waals surface area (Å²) in [5.74, 6) is -1.21. The third-order valence-electron chi connectivity index (χ3n) is 1.80. The lowest BCUT2D eigenvalue weighted by Gasteiger charge is -2.23. The van der Waals surface area contributed by atoms with Gasteiger partial charge in [-0.1, -0.05) is 6.07 Å². The summed E-state index contributed by atoms with van der Waals surface area (Å²) in [6.45, 7) is 0. The second kappa shape index (κ2) is 2.70. The van der Waals surface area contributed by atoms with Crippen molar-refractivity contribution in [2.24, 2.45) is 0 Å². The molecule has 0 aromatic heterocycles. The fourth-order valence-electron chi connectivity index (χ4n) is 1.25. The minimum Gasteiger partial charge on any atom is -0.356 e. The van der Waals surface area contributed by atoms with Crippen molar-refractivity contribution in [3.05, 3.63) is 29.6 Å². The lowest BCUT2D eigenvalue weighted by molar-refractivity contribution is 0.0809. The van der Waals surface area contributed by atoms with Gasteiger partial charge in [-0.3, -0.25) is 4.79 Å². The van der Waals surface area contributed by atoms with Gasteiger partial charge in [0.1, 0.15) is 5.82 Å². The molecule has 0 radical (unpaired) electrons. The minimum absolute atomic E-state index is 0.0622. The highest BCUT2D eigenvalue weighted by Crippen LogP contribution is 2.21. The highest BCUT2D eigenvalue weighted by molar-refractivity contribution is 6.01. The third kappa shape index (κ3) is 1.23. The van der Waals surface area contributed by atoms with Crippen molar-refractivity contribution >= 4 is 11.6 Å². The van der Waals surface area contributed by atoms with Gasteiger partial charge in [-0.25, -0.2) is 4.39 Å². The van der Waals surface area contributed by atoms with Crippen LogP contribution in [-0.2, 0) is 0 Å². The van der Waals surface area contributed by atoms with E-state index < -0.39 is 18.1 Å². The van der Waals surface area contributed by atoms with Gasteiger partial charge in [0.15, 0.2) is 0 Å². The summed E-state index contributed by atoms with van der Waals surface area (Å²) >= 11 is 0. The Labute approximate surface area is 73.4 Å². The van der Waals surface area contributed by atoms with Gasteiger partial charge in [0.2, 0.25) is 6.35 Å². The molecule has 1 aliphatic heterocycles. The number of halogens is 1. The van der Waals surface area contributed by atoms with Crippen molar-refractivity contribution in [2.75, 3.05) is 5.32 Å². The van der Waals surface area contributed by atoms with Crippen LogP contribution >= 0.6 is 0 Å². The third-order valence-corrected chi connectivity index (χ3v) is 1.80. The molecule has 0 spiro atoms. The molecule has 1 aliphatic rings. The van der Waals surface area contributed by atoms with E-state index in [1.54, 1.807) is 0 Å². The molecule has 1 aromatic carbocycles. The van der Waals surface area contributed by atoms with E-state index >= 15 is 0 Å². The summed E-state index contributed by atoms with van der Waals surface area (Å²) in [6.07, 6.45) is -1.15. The van der Waals surface area contributed by atoms with E-state index in [0.29, 0.717) is 5.69 Å². The van der Waals surface area contributed by atoms with Crippen LogP contribution in [0.4, 0.5) is 10.1 Å². The van der Waals surface area contributed by atoms with Gasteiger partial charge in [0.25, 0.3) is 5.91 Å². The molecule has 13 heavy (non-hydrogen) atoms. The second-order valence-corrected chi connectivity index (χ2v) is 2.68. The van der Waals surface area contributed by atoms with Crippen LogP contribution in [0, 0.1) is 5.82 Å². The van der Waals surface area contributed by atoms with Gasteiger partial charge < -0.3 is 15.7 Å². The maximum absolute atomic E-state index is 13.1. The number of carbonyl (C=O) groups excluding carboxylic acids is 1. The van der Waals surface area contributed by atoms with E-state index in [4.69, 9.17) is 5.11 Å². The van der Waals surface area contributed by atoms with Crippen LogP contribution in [0.3, 0.4) is 0 Å². The average molecular weight is 182 g/mol. The summed E-state index contributed by atoms with van der Waals surface area (Å²) in [4.78, 5) is 11.2. The number of carbonyl (C=O) groups is 1. The van der Waals surface area contributed by atoms with Crippen molar-refractivity contribution in [1.82, 2.24) is 5.32 Å². The zero-order valence-electron chi connectivity index (χ0n) is 6.54. The molecule has 68 valence electrons. The fourth-order valence-corrected chi connectivity index (χ4v) is 1.25.